The van der Waals surface area contributed by atoms with Crippen molar-refractivity contribution in [1.29, 1.82) is 0 Å². The number of carbonyl (C=O) groups is 2. The van der Waals surface area contributed by atoms with Gasteiger partial charge in [-0.3, -0.25) is 19.4 Å². The molecule has 1 unspecified atom stereocenters. The molecule has 6 aromatic rings. The number of thiazole rings is 1. The second kappa shape index (κ2) is 16.3. The Labute approximate surface area is 323 Å². The molecule has 0 aliphatic carbocycles. The number of ether oxygens (including phenoxy) is 1. The first kappa shape index (κ1) is 36.3. The SMILES string of the molecule is COc1ccc(-c2nc(CN3CCN(C(=O)c4cc(CN5CCCC(n6cc(-c7ccc(C)c(C(=O)Nc8ccccc8)c7)nn6)C5)on4)CC3)cs2)cc1. The lowest BCUT2D eigenvalue weighted by Gasteiger charge is -2.33. The van der Waals surface area contributed by atoms with Gasteiger partial charge in [0.2, 0.25) is 0 Å². The molecule has 3 aromatic carbocycles. The molecule has 8 rings (SSSR count). The van der Waals surface area contributed by atoms with Crippen LogP contribution in [-0.2, 0) is 13.1 Å². The molecule has 282 valence electrons. The Hall–Kier alpha value is -5.70. The normalized spacial score (nSPS) is 16.6. The second-order valence-electron chi connectivity index (χ2n) is 14.1. The fraction of sp³-hybridized carbons (Fsp3) is 0.317. The largest absolute Gasteiger partial charge is 0.497 e. The average molecular weight is 758 g/mol. The zero-order valence-corrected chi connectivity index (χ0v) is 31.7. The van der Waals surface area contributed by atoms with Crippen LogP contribution in [0.25, 0.3) is 21.8 Å². The van der Waals surface area contributed by atoms with E-state index in [0.717, 1.165) is 84.4 Å². The van der Waals surface area contributed by atoms with Gasteiger partial charge in [0.1, 0.15) is 16.5 Å². The lowest BCUT2D eigenvalue weighted by Crippen LogP contribution is -2.48. The van der Waals surface area contributed by atoms with Gasteiger partial charge < -0.3 is 19.5 Å². The molecule has 3 aromatic heterocycles. The van der Waals surface area contributed by atoms with Crippen LogP contribution in [0.15, 0.2) is 95.0 Å². The summed E-state index contributed by atoms with van der Waals surface area (Å²) in [5.74, 6) is 1.23. The smallest absolute Gasteiger partial charge is 0.276 e. The minimum absolute atomic E-state index is 0.103. The Balaban J connectivity index is 0.826. The van der Waals surface area contributed by atoms with E-state index in [4.69, 9.17) is 14.2 Å². The molecule has 55 heavy (non-hydrogen) atoms. The first-order valence-corrected chi connectivity index (χ1v) is 19.4. The number of likely N-dealkylation sites (tertiary alicyclic amines) is 1. The first-order valence-electron chi connectivity index (χ1n) is 18.6. The fourth-order valence-corrected chi connectivity index (χ4v) is 8.00. The van der Waals surface area contributed by atoms with E-state index in [1.165, 1.54) is 0 Å². The number of aromatic nitrogens is 5. The number of aryl methyl sites for hydroxylation is 1. The van der Waals surface area contributed by atoms with Gasteiger partial charge in [0.25, 0.3) is 11.8 Å². The van der Waals surface area contributed by atoms with Crippen LogP contribution in [0.3, 0.4) is 0 Å². The quantitative estimate of drug-likeness (QED) is 0.158. The van der Waals surface area contributed by atoms with Crippen LogP contribution >= 0.6 is 11.3 Å². The molecule has 2 aliphatic heterocycles. The third kappa shape index (κ3) is 8.51. The number of benzene rings is 3. The predicted molar refractivity (Wildman–Crippen MR) is 210 cm³/mol. The minimum atomic E-state index is -0.163. The van der Waals surface area contributed by atoms with Crippen molar-refractivity contribution < 1.29 is 18.8 Å². The molecule has 5 heterocycles. The van der Waals surface area contributed by atoms with Gasteiger partial charge in [0.15, 0.2) is 11.5 Å². The van der Waals surface area contributed by atoms with Crippen molar-refractivity contribution in [3.63, 3.8) is 0 Å². The molecule has 1 atom stereocenters. The van der Waals surface area contributed by atoms with E-state index in [9.17, 15) is 9.59 Å². The Morgan fingerprint density at radius 1 is 0.927 bits per heavy atom. The number of nitrogens with zero attached hydrogens (tertiary/aromatic N) is 8. The summed E-state index contributed by atoms with van der Waals surface area (Å²) in [6, 6.07) is 25.1. The average Bonchev–Trinajstić information content (AvgIpc) is 4.01. The van der Waals surface area contributed by atoms with E-state index in [1.807, 2.05) is 95.5 Å². The number of piperidine rings is 1. The van der Waals surface area contributed by atoms with E-state index in [1.54, 1.807) is 24.5 Å². The summed E-state index contributed by atoms with van der Waals surface area (Å²) in [7, 11) is 1.66. The van der Waals surface area contributed by atoms with Gasteiger partial charge in [0, 0.05) is 73.1 Å². The molecule has 0 radical (unpaired) electrons. The van der Waals surface area contributed by atoms with E-state index >= 15 is 0 Å². The van der Waals surface area contributed by atoms with E-state index in [0.29, 0.717) is 42.3 Å². The zero-order valence-electron chi connectivity index (χ0n) is 30.9. The molecule has 0 saturated carbocycles. The number of para-hydroxylation sites is 1. The first-order chi connectivity index (χ1) is 26.9. The Bertz CT molecular complexity index is 2240. The van der Waals surface area contributed by atoms with Gasteiger partial charge in [-0.15, -0.1) is 16.4 Å². The molecular weight excluding hydrogens is 715 g/mol. The van der Waals surface area contributed by atoms with Crippen molar-refractivity contribution in [2.45, 2.75) is 38.9 Å². The zero-order chi connectivity index (χ0) is 37.7. The molecule has 2 amide bonds. The fourth-order valence-electron chi connectivity index (χ4n) is 7.18. The lowest BCUT2D eigenvalue weighted by atomic mass is 10.0. The number of hydrogen-bond acceptors (Lipinski definition) is 11. The summed E-state index contributed by atoms with van der Waals surface area (Å²) >= 11 is 1.64. The van der Waals surface area contributed by atoms with Crippen LogP contribution in [0, 0.1) is 6.92 Å². The lowest BCUT2D eigenvalue weighted by molar-refractivity contribution is 0.0617. The van der Waals surface area contributed by atoms with Crippen molar-refractivity contribution in [1.82, 2.24) is 39.8 Å². The van der Waals surface area contributed by atoms with E-state index < -0.39 is 0 Å². The van der Waals surface area contributed by atoms with E-state index in [-0.39, 0.29) is 17.9 Å². The van der Waals surface area contributed by atoms with Crippen LogP contribution in [0.2, 0.25) is 0 Å². The highest BCUT2D eigenvalue weighted by Gasteiger charge is 2.27. The van der Waals surface area contributed by atoms with Crippen LogP contribution < -0.4 is 10.1 Å². The van der Waals surface area contributed by atoms with Crippen molar-refractivity contribution in [3.05, 3.63) is 119 Å². The highest BCUT2D eigenvalue weighted by Crippen LogP contribution is 2.28. The van der Waals surface area contributed by atoms with Crippen molar-refractivity contribution in [2.24, 2.45) is 0 Å². The molecule has 14 heteroatoms. The summed E-state index contributed by atoms with van der Waals surface area (Å²) in [6.45, 7) is 7.66. The number of nitrogens with one attached hydrogen (secondary N) is 1. The van der Waals surface area contributed by atoms with Gasteiger partial charge in [-0.2, -0.15) is 0 Å². The van der Waals surface area contributed by atoms with Crippen LogP contribution in [0.1, 0.15) is 56.7 Å². The number of piperazine rings is 1. The molecular formula is C41H43N9O4S. The van der Waals surface area contributed by atoms with Gasteiger partial charge in [-0.1, -0.05) is 40.7 Å². The second-order valence-corrected chi connectivity index (χ2v) is 14.9. The Morgan fingerprint density at radius 3 is 2.53 bits per heavy atom. The van der Waals surface area contributed by atoms with Gasteiger partial charge in [0.05, 0.1) is 31.6 Å². The summed E-state index contributed by atoms with van der Waals surface area (Å²) in [6.07, 6.45) is 3.91. The molecule has 13 nitrogen and oxygen atoms in total. The summed E-state index contributed by atoms with van der Waals surface area (Å²) in [5, 5.41) is 19.2. The van der Waals surface area contributed by atoms with Crippen LogP contribution in [-0.4, -0.2) is 98.0 Å². The topological polar surface area (TPSA) is 135 Å². The number of hydrogen-bond donors (Lipinski definition) is 1. The van der Waals surface area contributed by atoms with Crippen LogP contribution in [0.4, 0.5) is 5.69 Å². The minimum Gasteiger partial charge on any atom is -0.497 e. The molecule has 2 aliphatic rings. The van der Waals surface area contributed by atoms with Crippen LogP contribution in [0.5, 0.6) is 5.75 Å². The summed E-state index contributed by atoms with van der Waals surface area (Å²) < 4.78 is 12.9. The highest BCUT2D eigenvalue weighted by atomic mass is 32.1. The van der Waals surface area contributed by atoms with E-state index in [2.05, 4.69) is 36.0 Å². The number of anilines is 1. The highest BCUT2D eigenvalue weighted by molar-refractivity contribution is 7.13. The third-order valence-corrected chi connectivity index (χ3v) is 11.2. The summed E-state index contributed by atoms with van der Waals surface area (Å²) in [5.41, 5.74) is 6.23. The molecule has 2 saturated heterocycles. The molecule has 1 N–H and O–H groups in total. The third-order valence-electron chi connectivity index (χ3n) is 10.3. The Morgan fingerprint density at radius 2 is 1.73 bits per heavy atom. The van der Waals surface area contributed by atoms with Gasteiger partial charge in [-0.05, 0) is 74.3 Å². The number of carbonyl (C=O) groups excluding carboxylic acids is 2. The van der Waals surface area contributed by atoms with Crippen molar-refractivity contribution >= 4 is 28.8 Å². The molecule has 0 bridgehead atoms. The maximum absolute atomic E-state index is 13.4. The molecule has 2 fully saturated rings. The monoisotopic (exact) mass is 757 g/mol. The number of amides is 2. The van der Waals surface area contributed by atoms with Gasteiger partial charge in [-0.25, -0.2) is 9.67 Å². The Kier molecular flexibility index (Phi) is 10.8. The van der Waals surface area contributed by atoms with Crippen molar-refractivity contribution in [2.75, 3.05) is 51.7 Å². The number of methoxy groups -OCH3 is 1. The maximum atomic E-state index is 13.4. The summed E-state index contributed by atoms with van der Waals surface area (Å²) in [4.78, 5) is 37.8. The maximum Gasteiger partial charge on any atom is 0.276 e. The number of rotatable bonds is 11. The van der Waals surface area contributed by atoms with Gasteiger partial charge >= 0.3 is 0 Å². The predicted octanol–water partition coefficient (Wildman–Crippen LogP) is 6.42. The molecule has 0 spiro atoms. The standard InChI is InChI=1S/C41H43N9O4S/c1-28-10-11-30(21-36(28)39(51)42-31-7-4-3-5-8-31)38-26-50(46-44-38)33-9-6-16-48(24-33)25-35-22-37(45-54-35)41(52)49-19-17-47(18-20-49)23-32-27-55-40(43-32)29-12-14-34(53-2)15-13-29/h3-5,7-8,10-15,21-22,26-27,33H,6,9,16-20,23-25H2,1-2H3,(H,42,51). The van der Waals surface area contributed by atoms with Crippen molar-refractivity contribution in [3.8, 4) is 27.6 Å².